The second-order valence-electron chi connectivity index (χ2n) is 6.65. The van der Waals surface area contributed by atoms with Crippen LogP contribution in [0.2, 0.25) is 0 Å². The van der Waals surface area contributed by atoms with Gasteiger partial charge in [-0.15, -0.1) is 11.3 Å². The number of hydrogen-bond donors (Lipinski definition) is 0. The number of rotatable bonds is 4. The van der Waals surface area contributed by atoms with Crippen molar-refractivity contribution in [3.05, 3.63) is 35.0 Å². The number of carbonyl (C=O) groups excluding carboxylic acids is 2. The average Bonchev–Trinajstić information content (AvgIpc) is 3.02. The zero-order valence-corrected chi connectivity index (χ0v) is 16.1. The quantitative estimate of drug-likeness (QED) is 0.768. The fourth-order valence-electron chi connectivity index (χ4n) is 3.36. The fourth-order valence-corrected chi connectivity index (χ4v) is 4.30. The van der Waals surface area contributed by atoms with Gasteiger partial charge in [0.2, 0.25) is 0 Å². The highest BCUT2D eigenvalue weighted by Crippen LogP contribution is 2.27. The molecule has 7 heteroatoms. The van der Waals surface area contributed by atoms with Crippen LogP contribution in [-0.2, 0) is 9.53 Å². The predicted octanol–water partition coefficient (Wildman–Crippen LogP) is 3.46. The molecule has 6 nitrogen and oxygen atoms in total. The number of aromatic nitrogens is 2. The molecule has 2 aromatic rings. The maximum Gasteiger partial charge on any atom is 0.350 e. The van der Waals surface area contributed by atoms with Crippen LogP contribution in [0.4, 0.5) is 0 Å². The van der Waals surface area contributed by atoms with Gasteiger partial charge in [0.25, 0.3) is 5.91 Å². The number of carbonyl (C=O) groups is 2. The zero-order valence-electron chi connectivity index (χ0n) is 15.3. The molecule has 2 atom stereocenters. The Balaban J connectivity index is 1.65. The van der Waals surface area contributed by atoms with Crippen molar-refractivity contribution in [2.24, 2.45) is 0 Å². The van der Waals surface area contributed by atoms with Gasteiger partial charge in [-0.2, -0.15) is 0 Å². The van der Waals surface area contributed by atoms with Crippen molar-refractivity contribution in [1.29, 1.82) is 0 Å². The summed E-state index contributed by atoms with van der Waals surface area (Å²) >= 11 is 1.24. The van der Waals surface area contributed by atoms with Gasteiger partial charge < -0.3 is 9.64 Å². The first-order valence-electron chi connectivity index (χ1n) is 8.84. The van der Waals surface area contributed by atoms with Crippen LogP contribution in [0.3, 0.4) is 0 Å². The van der Waals surface area contributed by atoms with E-state index >= 15 is 0 Å². The van der Waals surface area contributed by atoms with E-state index in [0.29, 0.717) is 21.3 Å². The van der Waals surface area contributed by atoms with Gasteiger partial charge in [0.1, 0.15) is 9.88 Å². The first-order valence-corrected chi connectivity index (χ1v) is 9.66. The topological polar surface area (TPSA) is 72.4 Å². The number of amides is 1. The lowest BCUT2D eigenvalue weighted by Gasteiger charge is -2.38. The van der Waals surface area contributed by atoms with E-state index in [4.69, 9.17) is 4.74 Å². The number of piperidine rings is 1. The zero-order chi connectivity index (χ0) is 18.7. The molecule has 0 N–H and O–H groups in total. The lowest BCUT2D eigenvalue weighted by Crippen LogP contribution is -2.49. The van der Waals surface area contributed by atoms with Crippen molar-refractivity contribution in [3.63, 3.8) is 0 Å². The second kappa shape index (κ2) is 7.95. The number of ether oxygens (including phenoxy) is 1. The maximum absolute atomic E-state index is 12.5. The van der Waals surface area contributed by atoms with Gasteiger partial charge in [-0.1, -0.05) is 6.07 Å². The van der Waals surface area contributed by atoms with Crippen LogP contribution in [-0.4, -0.2) is 45.4 Å². The summed E-state index contributed by atoms with van der Waals surface area (Å²) in [7, 11) is 0. The average molecular weight is 373 g/mol. The summed E-state index contributed by atoms with van der Waals surface area (Å²) in [6.45, 7) is 5.61. The van der Waals surface area contributed by atoms with Gasteiger partial charge in [0, 0.05) is 18.3 Å². The minimum atomic E-state index is -0.507. The number of aryl methyl sites for hydroxylation is 1. The molecule has 1 saturated heterocycles. The minimum Gasteiger partial charge on any atom is -0.451 e. The van der Waals surface area contributed by atoms with Gasteiger partial charge in [0.15, 0.2) is 6.61 Å². The number of likely N-dealkylation sites (tertiary alicyclic amines) is 1. The lowest BCUT2D eigenvalue weighted by atomic mass is 9.97. The molecule has 1 amide bonds. The van der Waals surface area contributed by atoms with Crippen molar-refractivity contribution >= 4 is 23.2 Å². The molecular weight excluding hydrogens is 350 g/mol. The Morgan fingerprint density at radius 1 is 1.27 bits per heavy atom. The standard InChI is InChI=1S/C19H23N3O3S/c1-12-7-6-8-13(2)22(12)16(23)11-25-19(24)17-14(3)21-18(26-17)15-9-4-5-10-20-15/h4-5,9-10,12-13H,6-8,11H2,1-3H3/t12-,13+. The van der Waals surface area contributed by atoms with Crippen molar-refractivity contribution in [2.75, 3.05) is 6.61 Å². The third-order valence-corrected chi connectivity index (χ3v) is 5.83. The smallest absolute Gasteiger partial charge is 0.350 e. The largest absolute Gasteiger partial charge is 0.451 e. The van der Waals surface area contributed by atoms with E-state index < -0.39 is 5.97 Å². The molecule has 2 aromatic heterocycles. The number of pyridine rings is 1. The van der Waals surface area contributed by atoms with E-state index in [1.807, 2.05) is 36.9 Å². The van der Waals surface area contributed by atoms with Crippen LogP contribution in [0.1, 0.15) is 48.5 Å². The van der Waals surface area contributed by atoms with E-state index in [2.05, 4.69) is 9.97 Å². The van der Waals surface area contributed by atoms with E-state index in [1.54, 1.807) is 13.1 Å². The molecule has 1 fully saturated rings. The molecule has 0 bridgehead atoms. The highest BCUT2D eigenvalue weighted by molar-refractivity contribution is 7.17. The first kappa shape index (κ1) is 18.5. The van der Waals surface area contributed by atoms with E-state index in [0.717, 1.165) is 19.3 Å². The molecular formula is C19H23N3O3S. The summed E-state index contributed by atoms with van der Waals surface area (Å²) in [5.41, 5.74) is 1.31. The van der Waals surface area contributed by atoms with Crippen LogP contribution < -0.4 is 0 Å². The fraction of sp³-hybridized carbons (Fsp3) is 0.474. The normalized spacial score (nSPS) is 20.0. The molecule has 0 aromatic carbocycles. The summed E-state index contributed by atoms with van der Waals surface area (Å²) in [4.78, 5) is 35.8. The molecule has 26 heavy (non-hydrogen) atoms. The molecule has 1 aliphatic heterocycles. The second-order valence-corrected chi connectivity index (χ2v) is 7.65. The molecule has 0 saturated carbocycles. The monoisotopic (exact) mass is 373 g/mol. The Bertz CT molecular complexity index is 781. The molecule has 3 heterocycles. The van der Waals surface area contributed by atoms with Gasteiger partial charge in [-0.25, -0.2) is 9.78 Å². The minimum absolute atomic E-state index is 0.134. The Kier molecular flexibility index (Phi) is 5.66. The number of esters is 1. The van der Waals surface area contributed by atoms with Crippen molar-refractivity contribution < 1.29 is 14.3 Å². The van der Waals surface area contributed by atoms with Gasteiger partial charge in [-0.05, 0) is 52.2 Å². The third kappa shape index (κ3) is 3.93. The van der Waals surface area contributed by atoms with Crippen molar-refractivity contribution in [1.82, 2.24) is 14.9 Å². The molecule has 3 rings (SSSR count). The summed E-state index contributed by atoms with van der Waals surface area (Å²) in [6, 6.07) is 5.91. The summed E-state index contributed by atoms with van der Waals surface area (Å²) < 4.78 is 5.29. The Morgan fingerprint density at radius 3 is 2.65 bits per heavy atom. The first-order chi connectivity index (χ1) is 12.5. The summed E-state index contributed by atoms with van der Waals surface area (Å²) in [5, 5.41) is 0.666. The van der Waals surface area contributed by atoms with Crippen LogP contribution in [0.5, 0.6) is 0 Å². The number of nitrogens with zero attached hydrogens (tertiary/aromatic N) is 3. The molecule has 0 unspecified atom stereocenters. The van der Waals surface area contributed by atoms with Gasteiger partial charge in [-0.3, -0.25) is 9.78 Å². The number of hydrogen-bond acceptors (Lipinski definition) is 6. The van der Waals surface area contributed by atoms with Crippen molar-refractivity contribution in [3.8, 4) is 10.7 Å². The van der Waals surface area contributed by atoms with Crippen LogP contribution in [0.25, 0.3) is 10.7 Å². The predicted molar refractivity (Wildman–Crippen MR) is 100.0 cm³/mol. The molecule has 0 aliphatic carbocycles. The lowest BCUT2D eigenvalue weighted by molar-refractivity contribution is -0.140. The van der Waals surface area contributed by atoms with E-state index in [1.165, 1.54) is 11.3 Å². The SMILES string of the molecule is Cc1nc(-c2ccccn2)sc1C(=O)OCC(=O)N1[C@H](C)CCC[C@@H]1C. The van der Waals surface area contributed by atoms with Crippen LogP contribution in [0.15, 0.2) is 24.4 Å². The van der Waals surface area contributed by atoms with Gasteiger partial charge in [0.05, 0.1) is 11.4 Å². The van der Waals surface area contributed by atoms with Crippen molar-refractivity contribution in [2.45, 2.75) is 52.1 Å². The highest BCUT2D eigenvalue weighted by Gasteiger charge is 2.29. The molecule has 138 valence electrons. The molecule has 1 aliphatic rings. The van der Waals surface area contributed by atoms with E-state index in [-0.39, 0.29) is 24.6 Å². The summed E-state index contributed by atoms with van der Waals surface area (Å²) in [5.74, 6) is -0.641. The van der Waals surface area contributed by atoms with Crippen LogP contribution in [0, 0.1) is 6.92 Å². The van der Waals surface area contributed by atoms with Crippen LogP contribution >= 0.6 is 11.3 Å². The maximum atomic E-state index is 12.5. The molecule has 0 radical (unpaired) electrons. The Labute approximate surface area is 157 Å². The summed E-state index contributed by atoms with van der Waals surface area (Å²) in [6.07, 6.45) is 4.79. The molecule has 0 spiro atoms. The third-order valence-electron chi connectivity index (χ3n) is 4.67. The highest BCUT2D eigenvalue weighted by atomic mass is 32.1. The van der Waals surface area contributed by atoms with Gasteiger partial charge >= 0.3 is 5.97 Å². The Hall–Kier alpha value is -2.28. The number of thiazole rings is 1. The Morgan fingerprint density at radius 2 is 2.00 bits per heavy atom. The van der Waals surface area contributed by atoms with E-state index in [9.17, 15) is 9.59 Å².